The quantitative estimate of drug-likeness (QED) is 0.158. The van der Waals surface area contributed by atoms with Gasteiger partial charge in [0.05, 0.1) is 18.4 Å². The summed E-state index contributed by atoms with van der Waals surface area (Å²) in [4.78, 5) is 43.5. The molecule has 6 rings (SSSR count). The van der Waals surface area contributed by atoms with E-state index in [1.165, 1.54) is 21.4 Å². The molecule has 1 saturated heterocycles. The standard InChI is InChI=1S/C21H19FN9O8PS/c22-13-11-6-36-21(33)35-2-1-30-12(27-10-3-9(4-23)5-25-16(10)30)7-37-40(34,41)39-15(13)19(38-11)31-8-26-14-17(31)28-20(24)29-18(14)32/h3,5,8,11,13,15,19H,1-2,6-7H2,(H,34,41)(H3,24,28,29,32)/t11-,13-,15-,19-,40?/m1/s1. The first kappa shape index (κ1) is 27.1. The second kappa shape index (κ2) is 10.4. The van der Waals surface area contributed by atoms with Crippen molar-refractivity contribution in [3.63, 3.8) is 0 Å². The molecule has 6 heterocycles. The van der Waals surface area contributed by atoms with Gasteiger partial charge in [-0.05, 0) is 6.07 Å². The summed E-state index contributed by atoms with van der Waals surface area (Å²) < 4.78 is 58.7. The number of nitriles is 1. The summed E-state index contributed by atoms with van der Waals surface area (Å²) in [6.07, 6.45) is -5.14. The summed E-state index contributed by atoms with van der Waals surface area (Å²) in [6.45, 7) is -5.54. The molecule has 5 atom stereocenters. The first-order valence-corrected chi connectivity index (χ1v) is 14.6. The molecule has 4 aromatic heterocycles. The number of fused-ring (bicyclic) bond motifs is 6. The summed E-state index contributed by atoms with van der Waals surface area (Å²) in [6, 6.07) is 3.45. The third-order valence-electron chi connectivity index (χ3n) is 6.29. The van der Waals surface area contributed by atoms with Crippen LogP contribution in [0, 0.1) is 11.3 Å². The molecule has 0 amide bonds. The summed E-state index contributed by atoms with van der Waals surface area (Å²) in [5.74, 6) is -0.0585. The third-order valence-corrected chi connectivity index (χ3v) is 7.89. The first-order chi connectivity index (χ1) is 19.6. The average molecular weight is 607 g/mol. The van der Waals surface area contributed by atoms with Gasteiger partial charge in [-0.15, -0.1) is 0 Å². The van der Waals surface area contributed by atoms with Gasteiger partial charge in [-0.1, -0.05) is 12.2 Å². The maximum Gasteiger partial charge on any atom is 0.508 e. The number of rotatable bonds is 1. The zero-order valence-corrected chi connectivity index (χ0v) is 22.4. The van der Waals surface area contributed by atoms with Gasteiger partial charge in [-0.3, -0.25) is 23.4 Å². The lowest BCUT2D eigenvalue weighted by Gasteiger charge is -2.24. The van der Waals surface area contributed by atoms with E-state index in [9.17, 15) is 19.4 Å². The van der Waals surface area contributed by atoms with E-state index in [2.05, 4.69) is 37.2 Å². The van der Waals surface area contributed by atoms with Crippen LogP contribution in [0.2, 0.25) is 0 Å². The Bertz CT molecular complexity index is 1820. The number of imidazole rings is 2. The van der Waals surface area contributed by atoms with Gasteiger partial charge >= 0.3 is 13.0 Å². The molecular formula is C21H19FN9O8PS. The number of halogens is 1. The minimum absolute atomic E-state index is 0.0419. The molecule has 2 aliphatic heterocycles. The van der Waals surface area contributed by atoms with Crippen molar-refractivity contribution in [2.45, 2.75) is 37.8 Å². The zero-order valence-electron chi connectivity index (χ0n) is 20.6. The normalized spacial score (nSPS) is 27.4. The molecule has 214 valence electrons. The summed E-state index contributed by atoms with van der Waals surface area (Å²) in [5.41, 5.74) is 5.73. The number of pyridine rings is 1. The van der Waals surface area contributed by atoms with Crippen LogP contribution in [0.3, 0.4) is 0 Å². The Balaban J connectivity index is 1.36. The second-order valence-corrected chi connectivity index (χ2v) is 11.7. The number of nitrogens with zero attached hydrogens (tertiary/aromatic N) is 7. The van der Waals surface area contributed by atoms with Crippen LogP contribution in [0.1, 0.15) is 17.6 Å². The number of alkyl halides is 1. The third kappa shape index (κ3) is 5.11. The number of cyclic esters (lactones) is 2. The van der Waals surface area contributed by atoms with Crippen LogP contribution in [0.4, 0.5) is 15.1 Å². The van der Waals surface area contributed by atoms with Crippen LogP contribution in [0.15, 0.2) is 23.4 Å². The van der Waals surface area contributed by atoms with Gasteiger partial charge in [-0.2, -0.15) is 10.2 Å². The Morgan fingerprint density at radius 1 is 1.24 bits per heavy atom. The lowest BCUT2D eigenvalue weighted by Crippen LogP contribution is -2.32. The molecular weight excluding hydrogens is 588 g/mol. The number of aromatic amines is 1. The van der Waals surface area contributed by atoms with E-state index in [1.807, 2.05) is 6.07 Å². The van der Waals surface area contributed by atoms with E-state index in [1.54, 1.807) is 0 Å². The Kier molecular flexibility index (Phi) is 6.87. The Labute approximate surface area is 233 Å². The highest BCUT2D eigenvalue weighted by Gasteiger charge is 2.51. The Hall–Kier alpha value is -4.08. The van der Waals surface area contributed by atoms with E-state index in [4.69, 9.17) is 29.0 Å². The van der Waals surface area contributed by atoms with E-state index < -0.39 is 56.3 Å². The predicted molar refractivity (Wildman–Crippen MR) is 137 cm³/mol. The number of carbonyl (C=O) groups excluding carboxylic acids is 1. The van der Waals surface area contributed by atoms with Gasteiger partial charge in [0.25, 0.3) is 5.56 Å². The smallest absolute Gasteiger partial charge is 0.432 e. The van der Waals surface area contributed by atoms with Gasteiger partial charge in [-0.25, -0.2) is 28.7 Å². The van der Waals surface area contributed by atoms with Gasteiger partial charge in [0.1, 0.15) is 49.4 Å². The van der Waals surface area contributed by atoms with Crippen LogP contribution in [-0.2, 0) is 41.0 Å². The molecule has 20 heteroatoms. The largest absolute Gasteiger partial charge is 0.508 e. The number of aromatic nitrogens is 7. The highest BCUT2D eigenvalue weighted by molar-refractivity contribution is 8.44. The van der Waals surface area contributed by atoms with E-state index in [-0.39, 0.29) is 41.7 Å². The molecule has 1 unspecified atom stereocenters. The highest BCUT2D eigenvalue weighted by Crippen LogP contribution is 2.57. The summed E-state index contributed by atoms with van der Waals surface area (Å²) >= 11 is 4.03. The van der Waals surface area contributed by atoms with Crippen molar-refractivity contribution in [2.75, 3.05) is 18.9 Å². The second-order valence-electron chi connectivity index (χ2n) is 8.86. The van der Waals surface area contributed by atoms with Gasteiger partial charge in [0.15, 0.2) is 29.2 Å². The highest BCUT2D eigenvalue weighted by atomic mass is 32.7. The van der Waals surface area contributed by atoms with Gasteiger partial charge < -0.3 is 24.5 Å². The number of nitrogens with two attached hydrogens (primary N) is 1. The van der Waals surface area contributed by atoms with E-state index in [0.29, 0.717) is 11.2 Å². The van der Waals surface area contributed by atoms with Crippen LogP contribution >= 0.6 is 19.0 Å². The molecule has 2 aliphatic rings. The van der Waals surface area contributed by atoms with Gasteiger partial charge in [0, 0.05) is 6.20 Å². The number of thiol groups is 1. The van der Waals surface area contributed by atoms with Crippen molar-refractivity contribution in [1.29, 1.82) is 5.26 Å². The maximum absolute atomic E-state index is 15.7. The minimum atomic E-state index is -4.34. The van der Waals surface area contributed by atoms with E-state index in [0.717, 1.165) is 6.33 Å². The van der Waals surface area contributed by atoms with Crippen molar-refractivity contribution in [3.8, 4) is 6.07 Å². The average Bonchev–Trinajstić information content (AvgIpc) is 3.59. The van der Waals surface area contributed by atoms with Crippen molar-refractivity contribution < 1.29 is 37.0 Å². The molecule has 3 N–H and O–H groups in total. The number of hydrogen-bond acceptors (Lipinski definition) is 14. The minimum Gasteiger partial charge on any atom is -0.432 e. The Morgan fingerprint density at radius 3 is 2.88 bits per heavy atom. The molecule has 0 aromatic carbocycles. The molecule has 17 nitrogen and oxygen atoms in total. The fourth-order valence-corrected chi connectivity index (χ4v) is 5.86. The van der Waals surface area contributed by atoms with Crippen LogP contribution in [0.25, 0.3) is 22.3 Å². The summed E-state index contributed by atoms with van der Waals surface area (Å²) in [5, 5.41) is 9.19. The summed E-state index contributed by atoms with van der Waals surface area (Å²) in [7, 11) is 0. The molecule has 1 fully saturated rings. The maximum atomic E-state index is 15.7. The number of H-pyrrole nitrogens is 1. The molecule has 2 bridgehead atoms. The lowest BCUT2D eigenvalue weighted by atomic mass is 10.1. The predicted octanol–water partition coefficient (Wildman–Crippen LogP) is 1.36. The van der Waals surface area contributed by atoms with Crippen LogP contribution in [0.5, 0.6) is 0 Å². The van der Waals surface area contributed by atoms with Crippen LogP contribution in [-0.4, -0.2) is 71.8 Å². The topological polar surface area (TPSA) is 224 Å². The number of nitrogen functional groups attached to an aromatic ring is 1. The van der Waals surface area contributed by atoms with Gasteiger partial charge in [0.2, 0.25) is 5.95 Å². The lowest BCUT2D eigenvalue weighted by molar-refractivity contribution is -0.0570. The van der Waals surface area contributed by atoms with Crippen molar-refractivity contribution >= 4 is 53.5 Å². The SMILES string of the molecule is N#Cc1cnc2c(c1)nc1n2CCOC(=O)OC[C@H]2O[C@@H](n3cnc4c(=O)[nH]c(N)nc43)[C@H](OP(=O)(S)OC1)[C@@H]2F. The van der Waals surface area contributed by atoms with Crippen molar-refractivity contribution in [2.24, 2.45) is 0 Å². The van der Waals surface area contributed by atoms with Crippen molar-refractivity contribution in [3.05, 3.63) is 40.3 Å². The van der Waals surface area contributed by atoms with E-state index >= 15 is 4.39 Å². The molecule has 0 radical (unpaired) electrons. The first-order valence-electron chi connectivity index (χ1n) is 11.9. The van der Waals surface area contributed by atoms with Crippen LogP contribution < -0.4 is 11.3 Å². The number of carbonyl (C=O) groups is 1. The number of nitrogens with one attached hydrogen (secondary N) is 1. The monoisotopic (exact) mass is 607 g/mol. The van der Waals surface area contributed by atoms with Crippen molar-refractivity contribution in [1.82, 2.24) is 34.1 Å². The Morgan fingerprint density at radius 2 is 2.07 bits per heavy atom. The molecule has 0 spiro atoms. The number of ether oxygens (including phenoxy) is 3. The fraction of sp³-hybridized carbons (Fsp3) is 0.381. The fourth-order valence-electron chi connectivity index (χ4n) is 4.49. The zero-order chi connectivity index (χ0) is 28.9. The molecule has 0 saturated carbocycles. The molecule has 4 aromatic rings. The number of hydrogen-bond donors (Lipinski definition) is 3. The molecule has 0 aliphatic carbocycles. The molecule has 41 heavy (non-hydrogen) atoms. The number of anilines is 1.